The molecule has 0 atom stereocenters. The number of ether oxygens (including phenoxy) is 1. The van der Waals surface area contributed by atoms with E-state index < -0.39 is 5.97 Å². The van der Waals surface area contributed by atoms with Crippen LogP contribution in [0.15, 0.2) is 83.8 Å². The first-order chi connectivity index (χ1) is 15.0. The second-order valence-corrected chi connectivity index (χ2v) is 8.77. The summed E-state index contributed by atoms with van der Waals surface area (Å²) in [6, 6.07) is 23.3. The Hall–Kier alpha value is -2.93. The number of nitrogens with zero attached hydrogens (tertiary/aromatic N) is 1. The lowest BCUT2D eigenvalue weighted by molar-refractivity contribution is -0.122. The minimum Gasteiger partial charge on any atom is -0.423 e. The largest absolute Gasteiger partial charge is 0.423 e. The van der Waals surface area contributed by atoms with Crippen LogP contribution >= 0.6 is 35.6 Å². The summed E-state index contributed by atoms with van der Waals surface area (Å²) in [5.41, 5.74) is 2.12. The van der Waals surface area contributed by atoms with Crippen molar-refractivity contribution >= 4 is 57.9 Å². The predicted octanol–water partition coefficient (Wildman–Crippen LogP) is 5.96. The fourth-order valence-corrected chi connectivity index (χ4v) is 4.44. The van der Waals surface area contributed by atoms with Crippen molar-refractivity contribution in [2.75, 3.05) is 0 Å². The van der Waals surface area contributed by atoms with Crippen molar-refractivity contribution < 1.29 is 14.3 Å². The molecule has 0 aliphatic carbocycles. The quantitative estimate of drug-likeness (QED) is 0.201. The Labute approximate surface area is 194 Å². The summed E-state index contributed by atoms with van der Waals surface area (Å²) in [7, 11) is 0. The number of benzene rings is 3. The molecule has 31 heavy (non-hydrogen) atoms. The topological polar surface area (TPSA) is 46.6 Å². The summed E-state index contributed by atoms with van der Waals surface area (Å²) in [6.07, 6.45) is 1.78. The highest BCUT2D eigenvalue weighted by Crippen LogP contribution is 2.33. The molecule has 7 heteroatoms. The van der Waals surface area contributed by atoms with Gasteiger partial charge in [0.25, 0.3) is 5.91 Å². The lowest BCUT2D eigenvalue weighted by Crippen LogP contribution is -2.27. The highest BCUT2D eigenvalue weighted by molar-refractivity contribution is 8.26. The Morgan fingerprint density at radius 2 is 1.68 bits per heavy atom. The highest BCUT2D eigenvalue weighted by atomic mass is 35.5. The molecule has 0 unspecified atom stereocenters. The summed E-state index contributed by atoms with van der Waals surface area (Å²) in [5.74, 6) is -0.257. The standard InChI is InChI=1S/C24H16ClNO3S2/c25-20-9-5-4-8-19(20)23(28)29-18-12-10-16(11-13-18)14-21-22(27)26(24(30)31-21)15-17-6-2-1-3-7-17/h1-14H,15H2/b21-14+. The Morgan fingerprint density at radius 1 is 1.00 bits per heavy atom. The average molecular weight is 466 g/mol. The molecule has 3 aromatic carbocycles. The number of carbonyl (C=O) groups excluding carboxylic acids is 2. The molecule has 0 spiro atoms. The van der Waals surface area contributed by atoms with Crippen LogP contribution in [0.2, 0.25) is 5.02 Å². The Kier molecular flexibility index (Phi) is 6.51. The molecule has 3 aromatic rings. The number of thioether (sulfide) groups is 1. The molecule has 0 saturated carbocycles. The zero-order valence-electron chi connectivity index (χ0n) is 16.2. The number of esters is 1. The average Bonchev–Trinajstić information content (AvgIpc) is 3.03. The fourth-order valence-electron chi connectivity index (χ4n) is 2.97. The maximum atomic E-state index is 12.8. The Bertz CT molecular complexity index is 1180. The van der Waals surface area contributed by atoms with E-state index >= 15 is 0 Å². The molecule has 1 saturated heterocycles. The van der Waals surface area contributed by atoms with Crippen molar-refractivity contribution in [3.8, 4) is 5.75 Å². The molecule has 4 nitrogen and oxygen atoms in total. The molecule has 0 aromatic heterocycles. The number of amides is 1. The van der Waals surface area contributed by atoms with E-state index in [-0.39, 0.29) is 5.91 Å². The third kappa shape index (κ3) is 5.05. The van der Waals surface area contributed by atoms with Crippen molar-refractivity contribution in [2.24, 2.45) is 0 Å². The molecular weight excluding hydrogens is 450 g/mol. The van der Waals surface area contributed by atoms with Crippen LogP contribution in [0.4, 0.5) is 0 Å². The van der Waals surface area contributed by atoms with E-state index in [1.165, 1.54) is 11.8 Å². The van der Waals surface area contributed by atoms with Gasteiger partial charge in [0.1, 0.15) is 10.1 Å². The van der Waals surface area contributed by atoms with E-state index in [9.17, 15) is 9.59 Å². The summed E-state index contributed by atoms with van der Waals surface area (Å²) >= 11 is 12.7. The van der Waals surface area contributed by atoms with Gasteiger partial charge < -0.3 is 4.74 Å². The minimum atomic E-state index is -0.528. The summed E-state index contributed by atoms with van der Waals surface area (Å²) in [5, 5.41) is 0.335. The number of thiocarbonyl (C=S) groups is 1. The van der Waals surface area contributed by atoms with Gasteiger partial charge >= 0.3 is 5.97 Å². The number of hydrogen-bond donors (Lipinski definition) is 0. The lowest BCUT2D eigenvalue weighted by atomic mass is 10.2. The van der Waals surface area contributed by atoms with Gasteiger partial charge in [-0.25, -0.2) is 4.79 Å². The van der Waals surface area contributed by atoms with Crippen LogP contribution in [0.25, 0.3) is 6.08 Å². The van der Waals surface area contributed by atoms with E-state index in [0.717, 1.165) is 11.1 Å². The Balaban J connectivity index is 1.44. The van der Waals surface area contributed by atoms with Gasteiger partial charge in [0.15, 0.2) is 0 Å². The van der Waals surface area contributed by atoms with Crippen LogP contribution in [0.5, 0.6) is 5.75 Å². The number of halogens is 1. The van der Waals surface area contributed by atoms with Crippen LogP contribution in [-0.2, 0) is 11.3 Å². The van der Waals surface area contributed by atoms with Crippen molar-refractivity contribution in [1.82, 2.24) is 4.90 Å². The van der Waals surface area contributed by atoms with E-state index in [1.54, 1.807) is 59.5 Å². The predicted molar refractivity (Wildman–Crippen MR) is 128 cm³/mol. The summed E-state index contributed by atoms with van der Waals surface area (Å²) in [4.78, 5) is 27.2. The molecule has 0 bridgehead atoms. The summed E-state index contributed by atoms with van der Waals surface area (Å²) in [6.45, 7) is 0.444. The molecule has 4 rings (SSSR count). The van der Waals surface area contributed by atoms with Gasteiger partial charge in [-0.2, -0.15) is 0 Å². The molecule has 1 aliphatic rings. The van der Waals surface area contributed by atoms with E-state index in [4.69, 9.17) is 28.6 Å². The highest BCUT2D eigenvalue weighted by Gasteiger charge is 2.31. The molecule has 1 amide bonds. The monoisotopic (exact) mass is 465 g/mol. The Morgan fingerprint density at radius 3 is 2.39 bits per heavy atom. The van der Waals surface area contributed by atoms with Gasteiger partial charge in [-0.3, -0.25) is 9.69 Å². The van der Waals surface area contributed by atoms with Gasteiger partial charge in [0.2, 0.25) is 0 Å². The minimum absolute atomic E-state index is 0.118. The summed E-state index contributed by atoms with van der Waals surface area (Å²) < 4.78 is 5.92. The lowest BCUT2D eigenvalue weighted by Gasteiger charge is -2.14. The molecule has 154 valence electrons. The zero-order valence-corrected chi connectivity index (χ0v) is 18.5. The smallest absolute Gasteiger partial charge is 0.345 e. The molecule has 1 fully saturated rings. The molecule has 1 heterocycles. The first kappa shape index (κ1) is 21.3. The first-order valence-electron chi connectivity index (χ1n) is 9.37. The van der Waals surface area contributed by atoms with E-state index in [2.05, 4.69) is 0 Å². The second kappa shape index (κ2) is 9.47. The van der Waals surface area contributed by atoms with Crippen LogP contribution in [0.1, 0.15) is 21.5 Å². The zero-order chi connectivity index (χ0) is 21.8. The molecule has 1 aliphatic heterocycles. The second-order valence-electron chi connectivity index (χ2n) is 6.69. The van der Waals surface area contributed by atoms with E-state index in [0.29, 0.717) is 32.1 Å². The maximum Gasteiger partial charge on any atom is 0.345 e. The number of hydrogen-bond acceptors (Lipinski definition) is 5. The van der Waals surface area contributed by atoms with Gasteiger partial charge in [-0.05, 0) is 41.5 Å². The van der Waals surface area contributed by atoms with Gasteiger partial charge in [-0.1, -0.05) is 90.2 Å². The fraction of sp³-hybridized carbons (Fsp3) is 0.0417. The SMILES string of the molecule is O=C(Oc1ccc(/C=C2/SC(=S)N(Cc3ccccc3)C2=O)cc1)c1ccccc1Cl. The van der Waals surface area contributed by atoms with Crippen LogP contribution in [0.3, 0.4) is 0 Å². The molecule has 0 radical (unpaired) electrons. The van der Waals surface area contributed by atoms with E-state index in [1.807, 2.05) is 30.3 Å². The third-order valence-corrected chi connectivity index (χ3v) is 6.25. The van der Waals surface area contributed by atoms with Gasteiger partial charge in [-0.15, -0.1) is 0 Å². The van der Waals surface area contributed by atoms with Crippen molar-refractivity contribution in [2.45, 2.75) is 6.54 Å². The van der Waals surface area contributed by atoms with Gasteiger partial charge in [0.05, 0.1) is 22.0 Å². The molecular formula is C24H16ClNO3S2. The number of rotatable bonds is 5. The van der Waals surface area contributed by atoms with Crippen LogP contribution < -0.4 is 4.74 Å². The van der Waals surface area contributed by atoms with Crippen molar-refractivity contribution in [3.63, 3.8) is 0 Å². The third-order valence-electron chi connectivity index (χ3n) is 4.54. The molecule has 0 N–H and O–H groups in total. The normalized spacial score (nSPS) is 14.9. The number of carbonyl (C=O) groups is 2. The van der Waals surface area contributed by atoms with Crippen LogP contribution in [-0.4, -0.2) is 21.1 Å². The van der Waals surface area contributed by atoms with Crippen LogP contribution in [0, 0.1) is 0 Å². The maximum absolute atomic E-state index is 12.8. The van der Waals surface area contributed by atoms with Crippen molar-refractivity contribution in [1.29, 1.82) is 0 Å². The van der Waals surface area contributed by atoms with Crippen molar-refractivity contribution in [3.05, 3.63) is 105 Å². The van der Waals surface area contributed by atoms with Gasteiger partial charge in [0, 0.05) is 0 Å². The first-order valence-corrected chi connectivity index (χ1v) is 11.0.